The molecular weight excluding hydrogens is 403 g/mol. The zero-order chi connectivity index (χ0) is 14.0. The summed E-state index contributed by atoms with van der Waals surface area (Å²) in [5.41, 5.74) is -0.0210. The van der Waals surface area contributed by atoms with Crippen LogP contribution in [0.1, 0.15) is 4.88 Å². The van der Waals surface area contributed by atoms with E-state index < -0.39 is 10.7 Å². The summed E-state index contributed by atoms with van der Waals surface area (Å²) in [6.45, 7) is 0.396. The van der Waals surface area contributed by atoms with Crippen LogP contribution in [0, 0.1) is 15.9 Å². The van der Waals surface area contributed by atoms with Gasteiger partial charge in [-0.3, -0.25) is 10.1 Å². The van der Waals surface area contributed by atoms with Crippen molar-refractivity contribution in [2.45, 2.75) is 6.54 Å². The van der Waals surface area contributed by atoms with Gasteiger partial charge in [0, 0.05) is 28.0 Å². The predicted molar refractivity (Wildman–Crippen MR) is 80.1 cm³/mol. The minimum Gasteiger partial charge on any atom is -0.378 e. The molecule has 0 aliphatic heterocycles. The lowest BCUT2D eigenvalue weighted by Gasteiger charge is -2.05. The van der Waals surface area contributed by atoms with E-state index in [1.54, 1.807) is 0 Å². The molecule has 1 heterocycles. The van der Waals surface area contributed by atoms with Crippen LogP contribution in [0.2, 0.25) is 0 Å². The summed E-state index contributed by atoms with van der Waals surface area (Å²) >= 11 is 8.23. The normalized spacial score (nSPS) is 10.5. The van der Waals surface area contributed by atoms with Crippen molar-refractivity contribution in [3.8, 4) is 0 Å². The number of halogens is 3. The molecule has 0 fully saturated rings. The molecule has 0 amide bonds. The van der Waals surface area contributed by atoms with E-state index in [4.69, 9.17) is 0 Å². The summed E-state index contributed by atoms with van der Waals surface area (Å²) in [5.74, 6) is -0.514. The Labute approximate surface area is 129 Å². The Hall–Kier alpha value is -0.990. The van der Waals surface area contributed by atoms with Crippen LogP contribution >= 0.6 is 43.2 Å². The first-order chi connectivity index (χ1) is 8.97. The van der Waals surface area contributed by atoms with E-state index in [2.05, 4.69) is 37.2 Å². The fourth-order valence-corrected chi connectivity index (χ4v) is 3.54. The van der Waals surface area contributed by atoms with Crippen molar-refractivity contribution in [2.75, 3.05) is 5.32 Å². The van der Waals surface area contributed by atoms with Crippen LogP contribution in [0.15, 0.2) is 32.5 Å². The number of thiophene rings is 1. The number of anilines is 1. The van der Waals surface area contributed by atoms with E-state index in [0.29, 0.717) is 6.54 Å². The Morgan fingerprint density at radius 2 is 2.11 bits per heavy atom. The van der Waals surface area contributed by atoms with Crippen molar-refractivity contribution in [1.29, 1.82) is 0 Å². The topological polar surface area (TPSA) is 55.2 Å². The van der Waals surface area contributed by atoms with Gasteiger partial charge in [0.2, 0.25) is 0 Å². The summed E-state index contributed by atoms with van der Waals surface area (Å²) in [5, 5.41) is 13.5. The minimum atomic E-state index is -0.553. The van der Waals surface area contributed by atoms with Crippen molar-refractivity contribution in [3.63, 3.8) is 0 Å². The zero-order valence-electron chi connectivity index (χ0n) is 9.32. The quantitative estimate of drug-likeness (QED) is 0.575. The second-order valence-corrected chi connectivity index (χ2v) is 6.92. The monoisotopic (exact) mass is 408 g/mol. The molecule has 4 nitrogen and oxygen atoms in total. The maximum atomic E-state index is 13.5. The van der Waals surface area contributed by atoms with Gasteiger partial charge in [-0.1, -0.05) is 0 Å². The third-order valence-corrected chi connectivity index (χ3v) is 5.57. The molecule has 100 valence electrons. The molecule has 0 spiro atoms. The highest BCUT2D eigenvalue weighted by atomic mass is 79.9. The zero-order valence-corrected chi connectivity index (χ0v) is 13.3. The Bertz CT molecular complexity index is 614. The number of benzene rings is 1. The third-order valence-electron chi connectivity index (χ3n) is 2.31. The van der Waals surface area contributed by atoms with Crippen LogP contribution in [0.3, 0.4) is 0 Å². The molecule has 0 unspecified atom stereocenters. The maximum Gasteiger partial charge on any atom is 0.271 e. The van der Waals surface area contributed by atoms with Crippen molar-refractivity contribution in [2.24, 2.45) is 0 Å². The lowest BCUT2D eigenvalue weighted by Crippen LogP contribution is -2.01. The van der Waals surface area contributed by atoms with E-state index in [-0.39, 0.29) is 11.4 Å². The predicted octanol–water partition coefficient (Wildman–Crippen LogP) is 4.93. The van der Waals surface area contributed by atoms with Gasteiger partial charge in [-0.2, -0.15) is 0 Å². The van der Waals surface area contributed by atoms with Crippen LogP contribution in [0.25, 0.3) is 0 Å². The van der Waals surface area contributed by atoms with Crippen LogP contribution in [0.4, 0.5) is 15.8 Å². The molecule has 0 saturated carbocycles. The number of nitro groups is 1. The molecular formula is C11H7Br2FN2O2S. The summed E-state index contributed by atoms with van der Waals surface area (Å²) in [4.78, 5) is 11.1. The molecule has 0 bridgehead atoms. The molecule has 0 radical (unpaired) electrons. The number of non-ortho nitro benzene ring substituents is 1. The van der Waals surface area contributed by atoms with Crippen molar-refractivity contribution in [3.05, 3.63) is 53.3 Å². The second-order valence-electron chi connectivity index (χ2n) is 3.61. The number of nitro benzene ring substituents is 1. The summed E-state index contributed by atoms with van der Waals surface area (Å²) in [6, 6.07) is 5.31. The van der Waals surface area contributed by atoms with Crippen LogP contribution in [-0.4, -0.2) is 4.92 Å². The highest BCUT2D eigenvalue weighted by molar-refractivity contribution is 9.13. The van der Waals surface area contributed by atoms with E-state index in [9.17, 15) is 14.5 Å². The molecule has 2 aromatic rings. The van der Waals surface area contributed by atoms with Gasteiger partial charge in [0.1, 0.15) is 5.82 Å². The van der Waals surface area contributed by atoms with Gasteiger partial charge in [0.05, 0.1) is 14.4 Å². The smallest absolute Gasteiger partial charge is 0.271 e. The van der Waals surface area contributed by atoms with E-state index in [0.717, 1.165) is 25.3 Å². The molecule has 2 rings (SSSR count). The van der Waals surface area contributed by atoms with Gasteiger partial charge < -0.3 is 5.32 Å². The number of nitrogens with one attached hydrogen (secondary N) is 1. The van der Waals surface area contributed by atoms with Crippen molar-refractivity contribution in [1.82, 2.24) is 0 Å². The Kier molecular flexibility index (Phi) is 4.54. The molecule has 0 aliphatic rings. The van der Waals surface area contributed by atoms with E-state index in [1.165, 1.54) is 17.4 Å². The van der Waals surface area contributed by atoms with Gasteiger partial charge in [0.15, 0.2) is 0 Å². The van der Waals surface area contributed by atoms with Gasteiger partial charge in [-0.05, 0) is 44.0 Å². The van der Waals surface area contributed by atoms with E-state index in [1.807, 2.05) is 6.07 Å². The lowest BCUT2D eigenvalue weighted by atomic mass is 10.2. The van der Waals surface area contributed by atoms with Gasteiger partial charge in [0.25, 0.3) is 5.69 Å². The Morgan fingerprint density at radius 3 is 2.68 bits per heavy atom. The third kappa shape index (κ3) is 3.52. The molecule has 0 saturated heterocycles. The molecule has 0 aliphatic carbocycles. The lowest BCUT2D eigenvalue weighted by molar-refractivity contribution is -0.384. The van der Waals surface area contributed by atoms with Gasteiger partial charge in [-0.15, -0.1) is 11.3 Å². The standard InChI is InChI=1S/C11H7Br2FN2O2S/c12-8-4-7(19-11(8)13)5-15-10-3-6(16(17)18)1-2-9(10)14/h1-4,15H,5H2. The minimum absolute atomic E-state index is 0.120. The second kappa shape index (κ2) is 5.98. The maximum absolute atomic E-state index is 13.5. The molecule has 8 heteroatoms. The molecule has 19 heavy (non-hydrogen) atoms. The molecule has 1 aromatic heterocycles. The number of hydrogen-bond donors (Lipinski definition) is 1. The Morgan fingerprint density at radius 1 is 1.37 bits per heavy atom. The first kappa shape index (κ1) is 14.4. The summed E-state index contributed by atoms with van der Waals surface area (Å²) in [7, 11) is 0. The average molecular weight is 410 g/mol. The highest BCUT2D eigenvalue weighted by Gasteiger charge is 2.11. The highest BCUT2D eigenvalue weighted by Crippen LogP contribution is 2.33. The van der Waals surface area contributed by atoms with Crippen LogP contribution < -0.4 is 5.32 Å². The Balaban J connectivity index is 2.14. The van der Waals surface area contributed by atoms with Gasteiger partial charge in [-0.25, -0.2) is 4.39 Å². The average Bonchev–Trinajstić information content (AvgIpc) is 2.67. The summed E-state index contributed by atoms with van der Waals surface area (Å²) in [6.07, 6.45) is 0. The molecule has 1 aromatic carbocycles. The molecule has 0 atom stereocenters. The fourth-order valence-electron chi connectivity index (χ4n) is 1.42. The largest absolute Gasteiger partial charge is 0.378 e. The number of nitrogens with zero attached hydrogens (tertiary/aromatic N) is 1. The van der Waals surface area contributed by atoms with Gasteiger partial charge >= 0.3 is 0 Å². The fraction of sp³-hybridized carbons (Fsp3) is 0.0909. The first-order valence-electron chi connectivity index (χ1n) is 5.09. The molecule has 1 N–H and O–H groups in total. The SMILES string of the molecule is O=[N+]([O-])c1ccc(F)c(NCc2cc(Br)c(Br)s2)c1. The summed E-state index contributed by atoms with van der Waals surface area (Å²) < 4.78 is 15.4. The van der Waals surface area contributed by atoms with E-state index >= 15 is 0 Å². The first-order valence-corrected chi connectivity index (χ1v) is 7.49. The van der Waals surface area contributed by atoms with Crippen LogP contribution in [-0.2, 0) is 6.54 Å². The number of rotatable bonds is 4. The van der Waals surface area contributed by atoms with Crippen molar-refractivity contribution >= 4 is 54.6 Å². The van der Waals surface area contributed by atoms with Crippen molar-refractivity contribution < 1.29 is 9.31 Å². The number of hydrogen-bond acceptors (Lipinski definition) is 4. The van der Waals surface area contributed by atoms with Crippen LogP contribution in [0.5, 0.6) is 0 Å².